The molecular weight excluding hydrogens is 322 g/mol. The Kier molecular flexibility index (Phi) is 3.04. The fourth-order valence-electron chi connectivity index (χ4n) is 2.95. The van der Waals surface area contributed by atoms with Crippen molar-refractivity contribution >= 4 is 37.7 Å². The maximum atomic E-state index is 3.50. The average molecular weight is 336 g/mol. The second-order valence-electron chi connectivity index (χ2n) is 5.25. The summed E-state index contributed by atoms with van der Waals surface area (Å²) in [5.74, 6) is 0. The lowest BCUT2D eigenvalue weighted by molar-refractivity contribution is 0.869. The number of fused-ring (bicyclic) bond motifs is 3. The van der Waals surface area contributed by atoms with E-state index in [4.69, 9.17) is 0 Å². The van der Waals surface area contributed by atoms with Crippen LogP contribution in [-0.4, -0.2) is 4.57 Å². The molecule has 0 aliphatic carbocycles. The lowest BCUT2D eigenvalue weighted by Crippen LogP contribution is -1.98. The molecule has 0 spiro atoms. The first-order valence-corrected chi connectivity index (χ1v) is 7.83. The van der Waals surface area contributed by atoms with E-state index in [1.165, 1.54) is 27.4 Å². The van der Waals surface area contributed by atoms with Gasteiger partial charge in [-0.15, -0.1) is 0 Å². The number of hydrogen-bond donors (Lipinski definition) is 0. The van der Waals surface area contributed by atoms with E-state index in [2.05, 4.69) is 93.3 Å². The molecule has 1 aromatic heterocycles. The molecule has 21 heavy (non-hydrogen) atoms. The molecule has 0 amide bonds. The fraction of sp³-hybridized carbons (Fsp3) is 0.0526. The van der Waals surface area contributed by atoms with Crippen LogP contribution in [0.2, 0.25) is 0 Å². The summed E-state index contributed by atoms with van der Waals surface area (Å²) in [6.07, 6.45) is 0. The molecule has 0 atom stereocenters. The van der Waals surface area contributed by atoms with E-state index in [1.54, 1.807) is 0 Å². The molecule has 0 radical (unpaired) electrons. The van der Waals surface area contributed by atoms with Gasteiger partial charge in [0.2, 0.25) is 0 Å². The van der Waals surface area contributed by atoms with Crippen LogP contribution in [0.3, 0.4) is 0 Å². The van der Waals surface area contributed by atoms with Gasteiger partial charge in [0, 0.05) is 32.8 Å². The Morgan fingerprint density at radius 3 is 1.76 bits per heavy atom. The molecule has 1 heterocycles. The SMILES string of the molecule is Brc1ccc(Cn2c3ccccc3c3ccccc32)cc1. The van der Waals surface area contributed by atoms with Crippen molar-refractivity contribution in [2.45, 2.75) is 6.54 Å². The summed E-state index contributed by atoms with van der Waals surface area (Å²) >= 11 is 3.50. The van der Waals surface area contributed by atoms with Crippen molar-refractivity contribution in [3.05, 3.63) is 82.8 Å². The molecule has 1 nitrogen and oxygen atoms in total. The normalized spacial score (nSPS) is 11.3. The van der Waals surface area contributed by atoms with E-state index in [-0.39, 0.29) is 0 Å². The van der Waals surface area contributed by atoms with Gasteiger partial charge < -0.3 is 4.57 Å². The Balaban J connectivity index is 1.95. The topological polar surface area (TPSA) is 4.93 Å². The largest absolute Gasteiger partial charge is 0.336 e. The molecule has 0 aliphatic heterocycles. The number of halogens is 1. The maximum Gasteiger partial charge on any atom is 0.0494 e. The molecule has 2 heteroatoms. The number of benzene rings is 3. The highest BCUT2D eigenvalue weighted by molar-refractivity contribution is 9.10. The van der Waals surface area contributed by atoms with Gasteiger partial charge in [-0.2, -0.15) is 0 Å². The first-order valence-electron chi connectivity index (χ1n) is 7.03. The van der Waals surface area contributed by atoms with Crippen molar-refractivity contribution in [1.29, 1.82) is 0 Å². The summed E-state index contributed by atoms with van der Waals surface area (Å²) in [6, 6.07) is 25.8. The van der Waals surface area contributed by atoms with Gasteiger partial charge in [-0.05, 0) is 29.8 Å². The van der Waals surface area contributed by atoms with E-state index >= 15 is 0 Å². The van der Waals surface area contributed by atoms with E-state index < -0.39 is 0 Å². The second kappa shape index (κ2) is 5.05. The van der Waals surface area contributed by atoms with Crippen LogP contribution in [0.1, 0.15) is 5.56 Å². The molecule has 102 valence electrons. The van der Waals surface area contributed by atoms with Gasteiger partial charge in [0.25, 0.3) is 0 Å². The lowest BCUT2D eigenvalue weighted by Gasteiger charge is -2.08. The Labute approximate surface area is 132 Å². The van der Waals surface area contributed by atoms with Crippen molar-refractivity contribution in [3.8, 4) is 0 Å². The zero-order valence-corrected chi connectivity index (χ0v) is 13.0. The van der Waals surface area contributed by atoms with Crippen LogP contribution in [0.5, 0.6) is 0 Å². The van der Waals surface area contributed by atoms with Gasteiger partial charge >= 0.3 is 0 Å². The van der Waals surface area contributed by atoms with Crippen LogP contribution in [0.4, 0.5) is 0 Å². The minimum Gasteiger partial charge on any atom is -0.336 e. The number of aromatic nitrogens is 1. The van der Waals surface area contributed by atoms with Crippen LogP contribution < -0.4 is 0 Å². The van der Waals surface area contributed by atoms with Gasteiger partial charge in [-0.3, -0.25) is 0 Å². The van der Waals surface area contributed by atoms with Crippen molar-refractivity contribution in [2.24, 2.45) is 0 Å². The lowest BCUT2D eigenvalue weighted by atomic mass is 10.2. The van der Waals surface area contributed by atoms with Crippen LogP contribution in [0, 0.1) is 0 Å². The predicted molar refractivity (Wildman–Crippen MR) is 92.7 cm³/mol. The highest BCUT2D eigenvalue weighted by Gasteiger charge is 2.09. The van der Waals surface area contributed by atoms with Crippen LogP contribution in [0.25, 0.3) is 21.8 Å². The number of para-hydroxylation sites is 2. The molecule has 3 aromatic carbocycles. The second-order valence-corrected chi connectivity index (χ2v) is 6.16. The molecule has 0 N–H and O–H groups in total. The summed E-state index contributed by atoms with van der Waals surface area (Å²) in [5.41, 5.74) is 3.90. The number of hydrogen-bond acceptors (Lipinski definition) is 0. The first-order chi connectivity index (χ1) is 10.3. The average Bonchev–Trinajstić information content (AvgIpc) is 2.85. The Morgan fingerprint density at radius 1 is 0.667 bits per heavy atom. The van der Waals surface area contributed by atoms with Crippen molar-refractivity contribution < 1.29 is 0 Å². The smallest absolute Gasteiger partial charge is 0.0494 e. The molecule has 0 saturated heterocycles. The van der Waals surface area contributed by atoms with E-state index in [9.17, 15) is 0 Å². The van der Waals surface area contributed by atoms with Gasteiger partial charge in [-0.1, -0.05) is 64.5 Å². The highest BCUT2D eigenvalue weighted by Crippen LogP contribution is 2.29. The molecule has 0 saturated carbocycles. The van der Waals surface area contributed by atoms with Crippen molar-refractivity contribution in [3.63, 3.8) is 0 Å². The Hall–Kier alpha value is -2.06. The van der Waals surface area contributed by atoms with Crippen LogP contribution in [0.15, 0.2) is 77.3 Å². The molecule has 4 rings (SSSR count). The minimum atomic E-state index is 0.890. The zero-order valence-electron chi connectivity index (χ0n) is 11.5. The van der Waals surface area contributed by atoms with Crippen molar-refractivity contribution in [1.82, 2.24) is 4.57 Å². The molecule has 0 bridgehead atoms. The minimum absolute atomic E-state index is 0.890. The summed E-state index contributed by atoms with van der Waals surface area (Å²) in [6.45, 7) is 0.890. The quantitative estimate of drug-likeness (QED) is 0.449. The summed E-state index contributed by atoms with van der Waals surface area (Å²) < 4.78 is 3.52. The highest BCUT2D eigenvalue weighted by atomic mass is 79.9. The molecule has 4 aromatic rings. The molecule has 0 unspecified atom stereocenters. The zero-order chi connectivity index (χ0) is 14.2. The van der Waals surface area contributed by atoms with Gasteiger partial charge in [0.15, 0.2) is 0 Å². The van der Waals surface area contributed by atoms with Gasteiger partial charge in [0.1, 0.15) is 0 Å². The number of rotatable bonds is 2. The maximum absolute atomic E-state index is 3.50. The third kappa shape index (κ3) is 2.16. The third-order valence-electron chi connectivity index (χ3n) is 3.93. The number of nitrogens with zero attached hydrogens (tertiary/aromatic N) is 1. The summed E-state index contributed by atoms with van der Waals surface area (Å²) in [5, 5.41) is 2.65. The standard InChI is InChI=1S/C19H14BrN/c20-15-11-9-14(10-12-15)13-21-18-7-3-1-5-16(18)17-6-2-4-8-19(17)21/h1-12H,13H2. The van der Waals surface area contributed by atoms with Crippen LogP contribution >= 0.6 is 15.9 Å². The van der Waals surface area contributed by atoms with Crippen LogP contribution in [-0.2, 0) is 6.54 Å². The van der Waals surface area contributed by atoms with Gasteiger partial charge in [-0.25, -0.2) is 0 Å². The Morgan fingerprint density at radius 2 is 1.19 bits per heavy atom. The molecule has 0 aliphatic rings. The molecular formula is C19H14BrN. The Bertz CT molecular complexity index is 866. The van der Waals surface area contributed by atoms with E-state index in [1.807, 2.05) is 0 Å². The monoisotopic (exact) mass is 335 g/mol. The molecule has 0 fully saturated rings. The summed E-state index contributed by atoms with van der Waals surface area (Å²) in [4.78, 5) is 0. The summed E-state index contributed by atoms with van der Waals surface area (Å²) in [7, 11) is 0. The predicted octanol–water partition coefficient (Wildman–Crippen LogP) is 5.61. The van der Waals surface area contributed by atoms with Crippen molar-refractivity contribution in [2.75, 3.05) is 0 Å². The van der Waals surface area contributed by atoms with E-state index in [0.29, 0.717) is 0 Å². The fourth-order valence-corrected chi connectivity index (χ4v) is 3.21. The first kappa shape index (κ1) is 12.7. The van der Waals surface area contributed by atoms with E-state index in [0.717, 1.165) is 11.0 Å². The third-order valence-corrected chi connectivity index (χ3v) is 4.46. The van der Waals surface area contributed by atoms with Gasteiger partial charge in [0.05, 0.1) is 0 Å².